The molecule has 7 heteroatoms. The second kappa shape index (κ2) is 8.68. The molecule has 3 N–H and O–H groups in total. The highest BCUT2D eigenvalue weighted by molar-refractivity contribution is 6.34. The van der Waals surface area contributed by atoms with Crippen molar-refractivity contribution in [1.29, 1.82) is 0 Å². The van der Waals surface area contributed by atoms with Crippen LogP contribution in [-0.4, -0.2) is 30.5 Å². The first kappa shape index (κ1) is 20.9. The Kier molecular flexibility index (Phi) is 6.25. The Labute approximate surface area is 174 Å². The number of fused-ring (bicyclic) bond motifs is 1. The number of anilines is 2. The fraction of sp³-hybridized carbons (Fsp3) is 0.273. The maximum Gasteiger partial charge on any atom is 0.250 e. The van der Waals surface area contributed by atoms with Crippen LogP contribution in [-0.2, 0) is 20.7 Å². The van der Waals surface area contributed by atoms with Crippen LogP contribution >= 0.6 is 11.6 Å². The highest BCUT2D eigenvalue weighted by Crippen LogP contribution is 2.29. The molecule has 6 nitrogen and oxygen atoms in total. The van der Waals surface area contributed by atoms with Gasteiger partial charge in [0.15, 0.2) is 0 Å². The maximum atomic E-state index is 12.7. The van der Waals surface area contributed by atoms with Gasteiger partial charge in [-0.3, -0.25) is 9.59 Å². The number of aromatic amines is 1. The van der Waals surface area contributed by atoms with E-state index in [9.17, 15) is 9.59 Å². The molecule has 0 spiro atoms. The normalized spacial score (nSPS) is 10.9. The molecule has 3 rings (SSSR count). The molecule has 0 unspecified atom stereocenters. The molecule has 0 bridgehead atoms. The minimum absolute atomic E-state index is 0.0579. The van der Waals surface area contributed by atoms with Gasteiger partial charge in [0, 0.05) is 29.4 Å². The Balaban J connectivity index is 1.76. The van der Waals surface area contributed by atoms with E-state index < -0.39 is 0 Å². The van der Waals surface area contributed by atoms with Crippen LogP contribution in [0.25, 0.3) is 10.9 Å². The molecule has 1 aromatic heterocycles. The molecule has 2 aromatic carbocycles. The summed E-state index contributed by atoms with van der Waals surface area (Å²) in [5.74, 6) is -0.436. The predicted octanol–water partition coefficient (Wildman–Crippen LogP) is 4.51. The zero-order valence-electron chi connectivity index (χ0n) is 16.9. The number of aromatic nitrogens is 1. The Bertz CT molecular complexity index is 1090. The van der Waals surface area contributed by atoms with Crippen molar-refractivity contribution in [3.05, 3.63) is 57.7 Å². The number of benzene rings is 2. The number of aryl methyl sites for hydroxylation is 3. The van der Waals surface area contributed by atoms with Crippen molar-refractivity contribution in [1.82, 2.24) is 4.98 Å². The molecule has 0 aliphatic heterocycles. The number of hydrogen-bond donors (Lipinski definition) is 3. The second-order valence-electron chi connectivity index (χ2n) is 7.08. The average molecular weight is 414 g/mol. The number of carbonyl (C=O) groups excluding carboxylic acids is 2. The zero-order valence-corrected chi connectivity index (χ0v) is 17.7. The lowest BCUT2D eigenvalue weighted by atomic mass is 10.0. The summed E-state index contributed by atoms with van der Waals surface area (Å²) in [7, 11) is 1.44. The third kappa shape index (κ3) is 4.60. The Morgan fingerprint density at radius 1 is 1.03 bits per heavy atom. The highest BCUT2D eigenvalue weighted by atomic mass is 35.5. The molecule has 0 saturated heterocycles. The van der Waals surface area contributed by atoms with Gasteiger partial charge in [-0.25, -0.2) is 0 Å². The van der Waals surface area contributed by atoms with E-state index in [1.54, 1.807) is 18.2 Å². The molecular weight excluding hydrogens is 390 g/mol. The number of hydrogen-bond acceptors (Lipinski definition) is 3. The van der Waals surface area contributed by atoms with E-state index in [1.807, 2.05) is 13.8 Å². The van der Waals surface area contributed by atoms with Crippen molar-refractivity contribution in [2.75, 3.05) is 24.4 Å². The molecule has 1 heterocycles. The molecule has 0 atom stereocenters. The molecule has 0 radical (unpaired) electrons. The third-order valence-corrected chi connectivity index (χ3v) is 5.14. The molecule has 152 valence electrons. The van der Waals surface area contributed by atoms with E-state index in [4.69, 9.17) is 16.3 Å². The first-order chi connectivity index (χ1) is 13.8. The summed E-state index contributed by atoms with van der Waals surface area (Å²) < 4.78 is 4.78. The zero-order chi connectivity index (χ0) is 21.1. The van der Waals surface area contributed by atoms with Crippen molar-refractivity contribution in [3.63, 3.8) is 0 Å². The van der Waals surface area contributed by atoms with Crippen molar-refractivity contribution in [2.45, 2.75) is 27.2 Å². The first-order valence-corrected chi connectivity index (χ1v) is 9.63. The van der Waals surface area contributed by atoms with E-state index in [-0.39, 0.29) is 24.8 Å². The molecule has 3 aromatic rings. The van der Waals surface area contributed by atoms with Crippen LogP contribution in [0.2, 0.25) is 5.02 Å². The SMILES string of the molecule is COCC(=O)Nc1ccc(NC(=O)Cc2c(C)[nH]c3c(C)ccc(C)c23)cc1Cl. The fourth-order valence-electron chi connectivity index (χ4n) is 3.41. The lowest BCUT2D eigenvalue weighted by Crippen LogP contribution is -2.18. The molecule has 29 heavy (non-hydrogen) atoms. The average Bonchev–Trinajstić information content (AvgIpc) is 2.98. The Hall–Kier alpha value is -2.83. The van der Waals surface area contributed by atoms with Crippen LogP contribution in [0.15, 0.2) is 30.3 Å². The number of H-pyrrole nitrogens is 1. The molecular formula is C22H24ClN3O3. The van der Waals surface area contributed by atoms with Crippen LogP contribution in [0.5, 0.6) is 0 Å². The summed E-state index contributed by atoms with van der Waals surface area (Å²) in [4.78, 5) is 27.7. The minimum atomic E-state index is -0.299. The van der Waals surface area contributed by atoms with E-state index >= 15 is 0 Å². The minimum Gasteiger partial charge on any atom is -0.375 e. The van der Waals surface area contributed by atoms with Gasteiger partial charge in [-0.05, 0) is 55.7 Å². The van der Waals surface area contributed by atoms with E-state index in [2.05, 4.69) is 34.7 Å². The quantitative estimate of drug-likeness (QED) is 0.555. The van der Waals surface area contributed by atoms with Crippen LogP contribution < -0.4 is 10.6 Å². The third-order valence-electron chi connectivity index (χ3n) is 4.83. The van der Waals surface area contributed by atoms with Crippen molar-refractivity contribution >= 4 is 45.7 Å². The Morgan fingerprint density at radius 2 is 1.76 bits per heavy atom. The lowest BCUT2D eigenvalue weighted by Gasteiger charge is -2.10. The first-order valence-electron chi connectivity index (χ1n) is 9.25. The molecule has 0 saturated carbocycles. The van der Waals surface area contributed by atoms with E-state index in [1.165, 1.54) is 7.11 Å². The molecule has 0 aliphatic rings. The van der Waals surface area contributed by atoms with Gasteiger partial charge in [-0.2, -0.15) is 0 Å². The Morgan fingerprint density at radius 3 is 2.45 bits per heavy atom. The van der Waals surface area contributed by atoms with Gasteiger partial charge in [0.2, 0.25) is 11.8 Å². The molecule has 0 aliphatic carbocycles. The predicted molar refractivity (Wildman–Crippen MR) is 117 cm³/mol. The van der Waals surface area contributed by atoms with Gasteiger partial charge in [-0.1, -0.05) is 23.7 Å². The molecule has 2 amide bonds. The largest absolute Gasteiger partial charge is 0.375 e. The number of nitrogens with one attached hydrogen (secondary N) is 3. The fourth-order valence-corrected chi connectivity index (χ4v) is 3.64. The standard InChI is InChI=1S/C22H24ClN3O3/c1-12-5-6-13(2)22-21(12)16(14(3)24-22)10-19(27)25-15-7-8-18(17(23)9-15)26-20(28)11-29-4/h5-9,24H,10-11H2,1-4H3,(H,25,27)(H,26,28). The number of methoxy groups -OCH3 is 1. The van der Waals surface area contributed by atoms with Gasteiger partial charge in [0.25, 0.3) is 0 Å². The number of halogens is 1. The monoisotopic (exact) mass is 413 g/mol. The summed E-state index contributed by atoms with van der Waals surface area (Å²) in [5.41, 5.74) is 6.37. The summed E-state index contributed by atoms with van der Waals surface area (Å²) in [6.07, 6.45) is 0.250. The second-order valence-corrected chi connectivity index (χ2v) is 7.49. The van der Waals surface area contributed by atoms with Gasteiger partial charge >= 0.3 is 0 Å². The summed E-state index contributed by atoms with van der Waals surface area (Å²) in [5, 5.41) is 6.97. The van der Waals surface area contributed by atoms with Crippen molar-refractivity contribution in [2.24, 2.45) is 0 Å². The van der Waals surface area contributed by atoms with Gasteiger partial charge in [0.1, 0.15) is 6.61 Å². The highest BCUT2D eigenvalue weighted by Gasteiger charge is 2.16. The van der Waals surface area contributed by atoms with Crippen LogP contribution in [0.4, 0.5) is 11.4 Å². The summed E-state index contributed by atoms with van der Waals surface area (Å²) in [6, 6.07) is 9.11. The number of ether oxygens (including phenoxy) is 1. The smallest absolute Gasteiger partial charge is 0.250 e. The molecule has 0 fully saturated rings. The lowest BCUT2D eigenvalue weighted by molar-refractivity contribution is -0.119. The van der Waals surface area contributed by atoms with E-state index in [0.717, 1.165) is 33.3 Å². The van der Waals surface area contributed by atoms with Gasteiger partial charge < -0.3 is 20.4 Å². The maximum absolute atomic E-state index is 12.7. The number of carbonyl (C=O) groups is 2. The summed E-state index contributed by atoms with van der Waals surface area (Å²) in [6.45, 7) is 6.02. The number of amides is 2. The number of rotatable bonds is 6. The van der Waals surface area contributed by atoms with Crippen molar-refractivity contribution < 1.29 is 14.3 Å². The van der Waals surface area contributed by atoms with Crippen molar-refractivity contribution in [3.8, 4) is 0 Å². The van der Waals surface area contributed by atoms with Gasteiger partial charge in [0.05, 0.1) is 17.1 Å². The van der Waals surface area contributed by atoms with Crippen LogP contribution in [0, 0.1) is 20.8 Å². The van der Waals surface area contributed by atoms with Gasteiger partial charge in [-0.15, -0.1) is 0 Å². The van der Waals surface area contributed by atoms with Crippen LogP contribution in [0.1, 0.15) is 22.4 Å². The van der Waals surface area contributed by atoms with E-state index in [0.29, 0.717) is 16.4 Å². The summed E-state index contributed by atoms with van der Waals surface area (Å²) >= 11 is 6.23. The topological polar surface area (TPSA) is 83.2 Å². The van der Waals surface area contributed by atoms with Crippen LogP contribution in [0.3, 0.4) is 0 Å².